The van der Waals surface area contributed by atoms with Crippen LogP contribution in [0.25, 0.3) is 0 Å². The van der Waals surface area contributed by atoms with Crippen LogP contribution in [0.4, 0.5) is 5.69 Å². The van der Waals surface area contributed by atoms with Gasteiger partial charge in [0, 0.05) is 19.0 Å². The molecule has 0 unspecified atom stereocenters. The van der Waals surface area contributed by atoms with Crippen LogP contribution in [0.3, 0.4) is 0 Å². The number of benzene rings is 3. The molecule has 0 N–H and O–H groups in total. The minimum Gasteiger partial charge on any atom is -0.497 e. The summed E-state index contributed by atoms with van der Waals surface area (Å²) < 4.78 is 10.9. The molecule has 5 nitrogen and oxygen atoms in total. The highest BCUT2D eigenvalue weighted by atomic mass is 16.5. The molecule has 1 amide bonds. The maximum absolute atomic E-state index is 13.3. The van der Waals surface area contributed by atoms with Crippen LogP contribution in [0.15, 0.2) is 84.9 Å². The van der Waals surface area contributed by atoms with Crippen LogP contribution in [0.5, 0.6) is 5.75 Å². The third-order valence-electron chi connectivity index (χ3n) is 5.65. The Bertz CT molecular complexity index is 1030. The molecular formula is C26H25NO4. The topological polar surface area (TPSA) is 55.8 Å². The van der Waals surface area contributed by atoms with E-state index in [2.05, 4.69) is 0 Å². The van der Waals surface area contributed by atoms with Gasteiger partial charge in [0.15, 0.2) is 0 Å². The Kier molecular flexibility index (Phi) is 6.03. The fourth-order valence-electron chi connectivity index (χ4n) is 4.19. The second-order valence-corrected chi connectivity index (χ2v) is 7.61. The van der Waals surface area contributed by atoms with E-state index in [0.29, 0.717) is 6.42 Å². The van der Waals surface area contributed by atoms with Crippen molar-refractivity contribution in [3.63, 3.8) is 0 Å². The number of esters is 1. The average molecular weight is 415 g/mol. The number of nitrogens with zero attached hydrogens (tertiary/aromatic N) is 1. The summed E-state index contributed by atoms with van der Waals surface area (Å²) in [6.07, 6.45) is -0.0612. The van der Waals surface area contributed by atoms with E-state index in [9.17, 15) is 9.59 Å². The van der Waals surface area contributed by atoms with Crippen molar-refractivity contribution in [3.05, 3.63) is 96.1 Å². The maximum atomic E-state index is 13.3. The monoisotopic (exact) mass is 415 g/mol. The zero-order chi connectivity index (χ0) is 21.8. The van der Waals surface area contributed by atoms with Crippen molar-refractivity contribution in [3.8, 4) is 5.75 Å². The minimum atomic E-state index is -0.480. The summed E-state index contributed by atoms with van der Waals surface area (Å²) in [5.74, 6) is 0.124. The van der Waals surface area contributed by atoms with E-state index in [1.54, 1.807) is 7.11 Å². The smallest absolute Gasteiger partial charge is 0.303 e. The van der Waals surface area contributed by atoms with E-state index in [-0.39, 0.29) is 23.8 Å². The Hall–Kier alpha value is -3.60. The number of methoxy groups -OCH3 is 1. The lowest BCUT2D eigenvalue weighted by atomic mass is 9.77. The van der Waals surface area contributed by atoms with Gasteiger partial charge in [-0.05, 0) is 35.4 Å². The Morgan fingerprint density at radius 1 is 0.935 bits per heavy atom. The number of amides is 1. The number of anilines is 1. The third-order valence-corrected chi connectivity index (χ3v) is 5.65. The van der Waals surface area contributed by atoms with E-state index in [4.69, 9.17) is 9.47 Å². The zero-order valence-corrected chi connectivity index (χ0v) is 17.6. The van der Waals surface area contributed by atoms with Crippen LogP contribution in [-0.4, -0.2) is 19.0 Å². The standard InChI is InChI=1S/C26H25NO4/c1-18(28)31-24(19-9-5-3-6-10-19)17-23-25(20-13-15-22(30-2)16-14-20)27(26(23)29)21-11-7-4-8-12-21/h3-16,23-25H,17H2,1-2H3/t23-,24-,25+/m1/s1. The van der Waals surface area contributed by atoms with E-state index in [1.807, 2.05) is 89.8 Å². The lowest BCUT2D eigenvalue weighted by molar-refractivity contribution is -0.150. The number of β-lactam (4-membered cyclic amide) rings is 1. The molecule has 3 atom stereocenters. The van der Waals surface area contributed by atoms with Crippen LogP contribution in [0, 0.1) is 5.92 Å². The van der Waals surface area contributed by atoms with Crippen molar-refractivity contribution < 1.29 is 19.1 Å². The van der Waals surface area contributed by atoms with E-state index >= 15 is 0 Å². The normalized spacial score (nSPS) is 18.8. The largest absolute Gasteiger partial charge is 0.497 e. The molecule has 1 aliphatic heterocycles. The summed E-state index contributed by atoms with van der Waals surface area (Å²) in [6.45, 7) is 1.40. The molecule has 31 heavy (non-hydrogen) atoms. The summed E-state index contributed by atoms with van der Waals surface area (Å²) in [6, 6.07) is 26.9. The molecule has 3 aromatic carbocycles. The lowest BCUT2D eigenvalue weighted by Gasteiger charge is -2.48. The van der Waals surface area contributed by atoms with Crippen LogP contribution in [0.1, 0.15) is 36.6 Å². The Morgan fingerprint density at radius 2 is 1.55 bits per heavy atom. The van der Waals surface area contributed by atoms with E-state index in [0.717, 1.165) is 22.6 Å². The van der Waals surface area contributed by atoms with Gasteiger partial charge < -0.3 is 14.4 Å². The van der Waals surface area contributed by atoms with Gasteiger partial charge in [0.1, 0.15) is 11.9 Å². The summed E-state index contributed by atoms with van der Waals surface area (Å²) in [4.78, 5) is 26.9. The van der Waals surface area contributed by atoms with Crippen LogP contribution >= 0.6 is 0 Å². The van der Waals surface area contributed by atoms with Gasteiger partial charge in [0.2, 0.25) is 5.91 Å². The van der Waals surface area contributed by atoms with E-state index < -0.39 is 6.10 Å². The second-order valence-electron chi connectivity index (χ2n) is 7.61. The number of para-hydroxylation sites is 1. The quantitative estimate of drug-likeness (QED) is 0.398. The molecule has 1 heterocycles. The van der Waals surface area contributed by atoms with Crippen molar-refractivity contribution in [2.75, 3.05) is 12.0 Å². The zero-order valence-electron chi connectivity index (χ0n) is 17.6. The van der Waals surface area contributed by atoms with Crippen molar-refractivity contribution in [2.24, 2.45) is 5.92 Å². The molecule has 3 aromatic rings. The molecule has 1 aliphatic rings. The van der Waals surface area contributed by atoms with Crippen LogP contribution in [0.2, 0.25) is 0 Å². The predicted molar refractivity (Wildman–Crippen MR) is 119 cm³/mol. The van der Waals surface area contributed by atoms with Crippen molar-refractivity contribution in [1.82, 2.24) is 0 Å². The first-order valence-corrected chi connectivity index (χ1v) is 10.3. The van der Waals surface area contributed by atoms with E-state index in [1.165, 1.54) is 6.92 Å². The first-order valence-electron chi connectivity index (χ1n) is 10.3. The number of hydrogen-bond acceptors (Lipinski definition) is 4. The van der Waals surface area contributed by atoms with Crippen molar-refractivity contribution in [2.45, 2.75) is 25.5 Å². The summed E-state index contributed by atoms with van der Waals surface area (Å²) in [5, 5.41) is 0. The van der Waals surface area contributed by atoms with Gasteiger partial charge in [-0.2, -0.15) is 0 Å². The number of rotatable bonds is 7. The molecule has 158 valence electrons. The Balaban J connectivity index is 1.67. The highest BCUT2D eigenvalue weighted by molar-refractivity contribution is 6.03. The molecule has 0 bridgehead atoms. The fourth-order valence-corrected chi connectivity index (χ4v) is 4.19. The fraction of sp³-hybridized carbons (Fsp3) is 0.231. The second kappa shape index (κ2) is 9.04. The van der Waals surface area contributed by atoms with Crippen molar-refractivity contribution in [1.29, 1.82) is 0 Å². The van der Waals surface area contributed by atoms with Crippen LogP contribution in [-0.2, 0) is 14.3 Å². The molecule has 0 aromatic heterocycles. The van der Waals surface area contributed by atoms with Crippen molar-refractivity contribution >= 4 is 17.6 Å². The van der Waals surface area contributed by atoms with Gasteiger partial charge in [0.25, 0.3) is 0 Å². The summed E-state index contributed by atoms with van der Waals surface area (Å²) in [7, 11) is 1.63. The average Bonchev–Trinajstić information content (AvgIpc) is 2.81. The Morgan fingerprint density at radius 3 is 2.13 bits per heavy atom. The number of hydrogen-bond donors (Lipinski definition) is 0. The first-order chi connectivity index (χ1) is 15.1. The highest BCUT2D eigenvalue weighted by Gasteiger charge is 2.49. The van der Waals surface area contributed by atoms with Gasteiger partial charge in [-0.3, -0.25) is 9.59 Å². The first kappa shape index (κ1) is 20.7. The molecule has 0 aliphatic carbocycles. The van der Waals surface area contributed by atoms with Gasteiger partial charge in [-0.1, -0.05) is 60.7 Å². The summed E-state index contributed by atoms with van der Waals surface area (Å²) >= 11 is 0. The summed E-state index contributed by atoms with van der Waals surface area (Å²) in [5.41, 5.74) is 2.76. The number of carbonyl (C=O) groups is 2. The SMILES string of the molecule is COc1ccc([C@H]2[C@@H](C[C@@H](OC(C)=O)c3ccccc3)C(=O)N2c2ccccc2)cc1. The number of ether oxygens (including phenoxy) is 2. The molecule has 0 spiro atoms. The van der Waals surface area contributed by atoms with Crippen LogP contribution < -0.4 is 9.64 Å². The van der Waals surface area contributed by atoms with Gasteiger partial charge in [0.05, 0.1) is 19.1 Å². The molecule has 4 rings (SSSR count). The van der Waals surface area contributed by atoms with Gasteiger partial charge >= 0.3 is 5.97 Å². The molecule has 0 saturated carbocycles. The van der Waals surface area contributed by atoms with Gasteiger partial charge in [-0.15, -0.1) is 0 Å². The third kappa shape index (κ3) is 4.31. The maximum Gasteiger partial charge on any atom is 0.303 e. The number of carbonyl (C=O) groups excluding carboxylic acids is 2. The highest BCUT2D eigenvalue weighted by Crippen LogP contribution is 2.47. The Labute approximate surface area is 182 Å². The molecule has 1 saturated heterocycles. The molecular weight excluding hydrogens is 390 g/mol. The lowest BCUT2D eigenvalue weighted by Crippen LogP contribution is -2.55. The molecule has 1 fully saturated rings. The minimum absolute atomic E-state index is 0.0279. The molecule has 5 heteroatoms. The molecule has 0 radical (unpaired) electrons. The predicted octanol–water partition coefficient (Wildman–Crippen LogP) is 5.09. The van der Waals surface area contributed by atoms with Gasteiger partial charge in [-0.25, -0.2) is 0 Å².